The van der Waals surface area contributed by atoms with Crippen LogP contribution in [0.4, 0.5) is 0 Å². The average Bonchev–Trinajstić information content (AvgIpc) is 2.97. The van der Waals surface area contributed by atoms with E-state index in [0.717, 1.165) is 22.4 Å². The molecule has 0 bridgehead atoms. The van der Waals surface area contributed by atoms with E-state index in [4.69, 9.17) is 0 Å². The molecule has 0 amide bonds. The van der Waals surface area contributed by atoms with Gasteiger partial charge in [0, 0.05) is 29.2 Å². The van der Waals surface area contributed by atoms with Gasteiger partial charge in [0.25, 0.3) is 0 Å². The normalized spacial score (nSPS) is 16.1. The number of aromatic nitrogens is 1. The summed E-state index contributed by atoms with van der Waals surface area (Å²) in [4.78, 5) is 0. The number of aryl methyl sites for hydroxylation is 1. The van der Waals surface area contributed by atoms with Crippen molar-refractivity contribution in [1.29, 1.82) is 0 Å². The summed E-state index contributed by atoms with van der Waals surface area (Å²) in [5.74, 6) is 0. The molecule has 1 aromatic heterocycles. The maximum absolute atomic E-state index is 4.55. The van der Waals surface area contributed by atoms with Gasteiger partial charge in [-0.05, 0) is 66.3 Å². The highest BCUT2D eigenvalue weighted by Gasteiger charge is 2.26. The van der Waals surface area contributed by atoms with Crippen LogP contribution >= 0.6 is 0 Å². The minimum Gasteiger partial charge on any atom is -0.344 e. The molecular formula is C28H29N. The summed E-state index contributed by atoms with van der Waals surface area (Å²) in [6, 6.07) is 6.53. The SMILES string of the molecule is C=CC(=C)/C=C\c1c2c3c(cccc3n1C)C(/C=C\C)=C(/C=C\C)C(=C/C)/C2=C. The largest absolute Gasteiger partial charge is 0.344 e. The molecule has 0 atom stereocenters. The highest BCUT2D eigenvalue weighted by atomic mass is 14.9. The van der Waals surface area contributed by atoms with E-state index >= 15 is 0 Å². The van der Waals surface area contributed by atoms with E-state index in [9.17, 15) is 0 Å². The zero-order valence-electron chi connectivity index (χ0n) is 17.9. The Hall–Kier alpha value is -3.32. The lowest BCUT2D eigenvalue weighted by Crippen LogP contribution is -1.97. The molecule has 1 nitrogen and oxygen atoms in total. The molecule has 29 heavy (non-hydrogen) atoms. The Morgan fingerprint density at radius 2 is 1.69 bits per heavy atom. The molecule has 1 aromatic carbocycles. The quantitative estimate of drug-likeness (QED) is 0.467. The predicted molar refractivity (Wildman–Crippen MR) is 131 cm³/mol. The third-order valence-corrected chi connectivity index (χ3v) is 5.44. The van der Waals surface area contributed by atoms with Crippen LogP contribution in [0.3, 0.4) is 0 Å². The molecule has 1 heterocycles. The fraction of sp³-hybridized carbons (Fsp3) is 0.143. The van der Waals surface area contributed by atoms with Crippen LogP contribution < -0.4 is 0 Å². The Labute approximate surface area is 174 Å². The lowest BCUT2D eigenvalue weighted by Gasteiger charge is -2.14. The van der Waals surface area contributed by atoms with Crippen LogP contribution in [-0.4, -0.2) is 4.57 Å². The average molecular weight is 380 g/mol. The van der Waals surface area contributed by atoms with Crippen LogP contribution in [0.2, 0.25) is 0 Å². The molecule has 0 spiro atoms. The van der Waals surface area contributed by atoms with Gasteiger partial charge in [-0.1, -0.05) is 74.4 Å². The van der Waals surface area contributed by atoms with Gasteiger partial charge >= 0.3 is 0 Å². The summed E-state index contributed by atoms with van der Waals surface area (Å²) in [6.07, 6.45) is 16.7. The first-order valence-corrected chi connectivity index (χ1v) is 9.97. The Kier molecular flexibility index (Phi) is 5.89. The maximum atomic E-state index is 4.55. The summed E-state index contributed by atoms with van der Waals surface area (Å²) >= 11 is 0. The molecule has 0 N–H and O–H groups in total. The lowest BCUT2D eigenvalue weighted by molar-refractivity contribution is 0.952. The minimum atomic E-state index is 0.885. The minimum absolute atomic E-state index is 0.885. The third-order valence-electron chi connectivity index (χ3n) is 5.44. The number of hydrogen-bond donors (Lipinski definition) is 0. The van der Waals surface area contributed by atoms with Gasteiger partial charge in [0.05, 0.1) is 0 Å². The number of allylic oxidation sites excluding steroid dienone is 12. The summed E-state index contributed by atoms with van der Waals surface area (Å²) in [5, 5.41) is 1.25. The first kappa shape index (κ1) is 20.4. The van der Waals surface area contributed by atoms with Gasteiger partial charge in [0.1, 0.15) is 0 Å². The summed E-state index contributed by atoms with van der Waals surface area (Å²) in [6.45, 7) is 18.6. The highest BCUT2D eigenvalue weighted by molar-refractivity contribution is 6.12. The van der Waals surface area contributed by atoms with Crippen molar-refractivity contribution in [3.8, 4) is 0 Å². The summed E-state index contributed by atoms with van der Waals surface area (Å²) < 4.78 is 2.24. The zero-order chi connectivity index (χ0) is 21.1. The monoisotopic (exact) mass is 379 g/mol. The first-order chi connectivity index (χ1) is 14.0. The molecule has 0 radical (unpaired) electrons. The van der Waals surface area contributed by atoms with E-state index in [0.29, 0.717) is 0 Å². The van der Waals surface area contributed by atoms with Crippen molar-refractivity contribution in [2.75, 3.05) is 0 Å². The summed E-state index contributed by atoms with van der Waals surface area (Å²) in [7, 11) is 2.11. The smallest absolute Gasteiger partial charge is 0.0495 e. The van der Waals surface area contributed by atoms with Crippen molar-refractivity contribution in [2.45, 2.75) is 20.8 Å². The lowest BCUT2D eigenvalue weighted by atomic mass is 9.91. The van der Waals surface area contributed by atoms with E-state index in [1.54, 1.807) is 6.08 Å². The molecule has 0 fully saturated rings. The molecule has 0 unspecified atom stereocenters. The van der Waals surface area contributed by atoms with Crippen molar-refractivity contribution >= 4 is 28.1 Å². The van der Waals surface area contributed by atoms with E-state index in [1.165, 1.54) is 33.2 Å². The molecule has 0 saturated heterocycles. The van der Waals surface area contributed by atoms with Crippen LogP contribution in [-0.2, 0) is 7.05 Å². The fourth-order valence-corrected chi connectivity index (χ4v) is 4.10. The standard InChI is InChI=1S/C28H29N/c1-8-13-22-21(11-4)20(6)27-26(18-17-19(5)10-3)29(7)25-16-12-15-24(28(25)27)23(22)14-9-2/h8-18H,3,5-6H2,1-2,4,7H3/b13-8-,14-9-,18-17-,21-11+. The molecule has 2 aromatic rings. The van der Waals surface area contributed by atoms with Gasteiger partial charge < -0.3 is 4.57 Å². The molecule has 1 aliphatic rings. The van der Waals surface area contributed by atoms with Gasteiger partial charge in [-0.25, -0.2) is 0 Å². The molecule has 146 valence electrons. The van der Waals surface area contributed by atoms with Crippen LogP contribution in [0.1, 0.15) is 37.6 Å². The van der Waals surface area contributed by atoms with Gasteiger partial charge in [0.15, 0.2) is 0 Å². The molecule has 0 aliphatic heterocycles. The Morgan fingerprint density at radius 3 is 2.31 bits per heavy atom. The predicted octanol–water partition coefficient (Wildman–Crippen LogP) is 7.81. The second-order valence-electron chi connectivity index (χ2n) is 7.14. The first-order valence-electron chi connectivity index (χ1n) is 9.97. The molecule has 3 rings (SSSR count). The highest BCUT2D eigenvalue weighted by Crippen LogP contribution is 2.46. The van der Waals surface area contributed by atoms with Gasteiger partial charge in [-0.3, -0.25) is 0 Å². The number of hydrogen-bond acceptors (Lipinski definition) is 0. The van der Waals surface area contributed by atoms with Crippen LogP contribution in [0.15, 0.2) is 97.2 Å². The van der Waals surface area contributed by atoms with E-state index in [-0.39, 0.29) is 0 Å². The van der Waals surface area contributed by atoms with Gasteiger partial charge in [0.2, 0.25) is 0 Å². The van der Waals surface area contributed by atoms with Gasteiger partial charge in [-0.15, -0.1) is 0 Å². The fourth-order valence-electron chi connectivity index (χ4n) is 4.10. The van der Waals surface area contributed by atoms with Crippen molar-refractivity contribution in [1.82, 2.24) is 4.57 Å². The van der Waals surface area contributed by atoms with Crippen molar-refractivity contribution < 1.29 is 0 Å². The topological polar surface area (TPSA) is 4.93 Å². The van der Waals surface area contributed by atoms with Crippen molar-refractivity contribution in [2.24, 2.45) is 7.05 Å². The van der Waals surface area contributed by atoms with Crippen molar-refractivity contribution in [3.05, 3.63) is 114 Å². The second-order valence-corrected chi connectivity index (χ2v) is 7.14. The van der Waals surface area contributed by atoms with Crippen LogP contribution in [0.25, 0.3) is 28.1 Å². The number of rotatable bonds is 5. The van der Waals surface area contributed by atoms with Crippen molar-refractivity contribution in [3.63, 3.8) is 0 Å². The Bertz CT molecular complexity index is 1170. The van der Waals surface area contributed by atoms with E-state index < -0.39 is 0 Å². The maximum Gasteiger partial charge on any atom is 0.0495 e. The van der Waals surface area contributed by atoms with Crippen LogP contribution in [0.5, 0.6) is 0 Å². The number of benzene rings is 1. The second kappa shape index (κ2) is 8.36. The molecule has 0 saturated carbocycles. The zero-order valence-corrected chi connectivity index (χ0v) is 17.9. The van der Waals surface area contributed by atoms with E-state index in [1.807, 2.05) is 6.08 Å². The number of nitrogens with zero attached hydrogens (tertiary/aromatic N) is 1. The molecular weight excluding hydrogens is 350 g/mol. The Balaban J connectivity index is 2.52. The third kappa shape index (κ3) is 3.34. The molecule has 1 aliphatic carbocycles. The van der Waals surface area contributed by atoms with Gasteiger partial charge in [-0.2, -0.15) is 0 Å². The Morgan fingerprint density at radius 1 is 1.00 bits per heavy atom. The summed E-state index contributed by atoms with van der Waals surface area (Å²) in [5.41, 5.74) is 10.3. The molecule has 1 heteroatoms. The van der Waals surface area contributed by atoms with E-state index in [2.05, 4.69) is 107 Å². The van der Waals surface area contributed by atoms with Crippen LogP contribution in [0, 0.1) is 0 Å².